The second-order valence-corrected chi connectivity index (χ2v) is 8.65. The minimum absolute atomic E-state index is 0.0898. The molecular weight excluding hydrogens is 428 g/mol. The van der Waals surface area contributed by atoms with Crippen molar-refractivity contribution in [3.05, 3.63) is 96.3 Å². The molecule has 1 saturated heterocycles. The van der Waals surface area contributed by atoms with Gasteiger partial charge in [0.2, 0.25) is 0 Å². The Kier molecular flexibility index (Phi) is 5.26. The third-order valence-electron chi connectivity index (χ3n) is 6.42. The number of ether oxygens (including phenoxy) is 1. The van der Waals surface area contributed by atoms with Gasteiger partial charge >= 0.3 is 0 Å². The van der Waals surface area contributed by atoms with Gasteiger partial charge in [0.1, 0.15) is 23.6 Å². The van der Waals surface area contributed by atoms with E-state index in [9.17, 15) is 4.79 Å². The number of likely N-dealkylation sites (tertiary alicyclic amines) is 1. The Morgan fingerprint density at radius 1 is 0.912 bits per heavy atom. The van der Waals surface area contributed by atoms with Gasteiger partial charge in [-0.15, -0.1) is 0 Å². The number of oxazole rings is 1. The molecule has 0 atom stereocenters. The summed E-state index contributed by atoms with van der Waals surface area (Å²) in [6.45, 7) is 1.56. The molecule has 0 aliphatic carbocycles. The highest BCUT2D eigenvalue weighted by atomic mass is 16.5. The van der Waals surface area contributed by atoms with E-state index in [0.717, 1.165) is 41.0 Å². The van der Waals surface area contributed by atoms with Crippen LogP contribution in [0.2, 0.25) is 0 Å². The van der Waals surface area contributed by atoms with Crippen molar-refractivity contribution in [2.75, 3.05) is 13.1 Å². The van der Waals surface area contributed by atoms with E-state index in [-0.39, 0.29) is 18.4 Å². The van der Waals surface area contributed by atoms with Gasteiger partial charge in [-0.05, 0) is 60.0 Å². The van der Waals surface area contributed by atoms with Crippen molar-refractivity contribution in [2.45, 2.75) is 25.4 Å². The first-order valence-electron chi connectivity index (χ1n) is 11.6. The van der Waals surface area contributed by atoms with Crippen molar-refractivity contribution < 1.29 is 18.4 Å². The Hall–Kier alpha value is -4.06. The number of amides is 1. The van der Waals surface area contributed by atoms with Crippen LogP contribution in [0.1, 0.15) is 41.0 Å². The molecule has 5 aromatic rings. The van der Waals surface area contributed by atoms with Crippen LogP contribution in [0.3, 0.4) is 0 Å². The summed E-state index contributed by atoms with van der Waals surface area (Å²) in [6, 6.07) is 25.5. The second-order valence-electron chi connectivity index (χ2n) is 8.65. The predicted molar refractivity (Wildman–Crippen MR) is 129 cm³/mol. The van der Waals surface area contributed by atoms with Crippen molar-refractivity contribution in [3.63, 3.8) is 0 Å². The normalized spacial score (nSPS) is 14.6. The minimum Gasteiger partial charge on any atom is -0.486 e. The van der Waals surface area contributed by atoms with E-state index in [0.29, 0.717) is 24.6 Å². The van der Waals surface area contributed by atoms with Gasteiger partial charge in [-0.25, -0.2) is 4.98 Å². The standard InChI is InChI=1S/C28H24N2O4/c31-28(30-15-13-20(14-16-30)27-29-24-7-3-4-8-25(24)34-27)26-12-11-23(33-26)18-32-22-10-9-19-5-1-2-6-21(19)17-22/h1-12,17,20H,13-16,18H2. The topological polar surface area (TPSA) is 68.7 Å². The quantitative estimate of drug-likeness (QED) is 0.319. The molecule has 1 aliphatic rings. The molecule has 6 nitrogen and oxygen atoms in total. The van der Waals surface area contributed by atoms with Crippen molar-refractivity contribution in [2.24, 2.45) is 0 Å². The number of para-hydroxylation sites is 2. The third-order valence-corrected chi connectivity index (χ3v) is 6.42. The lowest BCUT2D eigenvalue weighted by Crippen LogP contribution is -2.37. The fraction of sp³-hybridized carbons (Fsp3) is 0.214. The first-order valence-corrected chi connectivity index (χ1v) is 11.6. The Bertz CT molecular complexity index is 1430. The van der Waals surface area contributed by atoms with Crippen molar-refractivity contribution in [1.82, 2.24) is 9.88 Å². The average Bonchev–Trinajstić information content (AvgIpc) is 3.54. The molecule has 3 aromatic carbocycles. The van der Waals surface area contributed by atoms with Crippen LogP contribution < -0.4 is 4.74 Å². The Morgan fingerprint density at radius 2 is 1.71 bits per heavy atom. The van der Waals surface area contributed by atoms with Crippen molar-refractivity contribution in [1.29, 1.82) is 0 Å². The number of fused-ring (bicyclic) bond motifs is 2. The van der Waals surface area contributed by atoms with E-state index in [1.807, 2.05) is 59.5 Å². The number of rotatable bonds is 5. The number of carbonyl (C=O) groups is 1. The Morgan fingerprint density at radius 3 is 2.56 bits per heavy atom. The number of piperidine rings is 1. The zero-order chi connectivity index (χ0) is 22.9. The SMILES string of the molecule is O=C(c1ccc(COc2ccc3ccccc3c2)o1)N1CCC(c2nc3ccccc3o2)CC1. The lowest BCUT2D eigenvalue weighted by atomic mass is 9.96. The number of aromatic nitrogens is 1. The fourth-order valence-corrected chi connectivity index (χ4v) is 4.53. The number of benzene rings is 3. The maximum absolute atomic E-state index is 13.0. The lowest BCUT2D eigenvalue weighted by molar-refractivity contribution is 0.0670. The van der Waals surface area contributed by atoms with Gasteiger partial charge in [0.15, 0.2) is 17.2 Å². The molecule has 1 amide bonds. The number of furan rings is 1. The molecule has 0 spiro atoms. The Balaban J connectivity index is 1.06. The summed E-state index contributed by atoms with van der Waals surface area (Å²) < 4.78 is 17.6. The summed E-state index contributed by atoms with van der Waals surface area (Å²) in [5.41, 5.74) is 1.69. The molecular formula is C28H24N2O4. The van der Waals surface area contributed by atoms with Gasteiger partial charge in [-0.3, -0.25) is 4.79 Å². The van der Waals surface area contributed by atoms with Gasteiger partial charge in [-0.1, -0.05) is 42.5 Å². The summed E-state index contributed by atoms with van der Waals surface area (Å²) in [4.78, 5) is 19.4. The molecule has 0 bridgehead atoms. The van der Waals surface area contributed by atoms with Crippen LogP contribution in [-0.4, -0.2) is 28.9 Å². The minimum atomic E-state index is -0.0898. The summed E-state index contributed by atoms with van der Waals surface area (Å²) in [5, 5.41) is 2.29. The van der Waals surface area contributed by atoms with E-state index < -0.39 is 0 Å². The first-order chi connectivity index (χ1) is 16.7. The number of carbonyl (C=O) groups excluding carboxylic acids is 1. The fourth-order valence-electron chi connectivity index (χ4n) is 4.53. The highest BCUT2D eigenvalue weighted by Crippen LogP contribution is 2.30. The molecule has 0 radical (unpaired) electrons. The van der Waals surface area contributed by atoms with E-state index in [1.54, 1.807) is 12.1 Å². The van der Waals surface area contributed by atoms with Gasteiger partial charge in [-0.2, -0.15) is 0 Å². The molecule has 0 saturated carbocycles. The van der Waals surface area contributed by atoms with E-state index in [2.05, 4.69) is 17.1 Å². The van der Waals surface area contributed by atoms with Crippen LogP contribution in [0.5, 0.6) is 5.75 Å². The molecule has 2 aromatic heterocycles. The lowest BCUT2D eigenvalue weighted by Gasteiger charge is -2.29. The van der Waals surface area contributed by atoms with Gasteiger partial charge in [0, 0.05) is 19.0 Å². The summed E-state index contributed by atoms with van der Waals surface area (Å²) in [7, 11) is 0. The summed E-state index contributed by atoms with van der Waals surface area (Å²) in [5.74, 6) is 2.63. The molecule has 170 valence electrons. The van der Waals surface area contributed by atoms with Crippen LogP contribution in [0, 0.1) is 0 Å². The van der Waals surface area contributed by atoms with Gasteiger partial charge < -0.3 is 18.5 Å². The molecule has 34 heavy (non-hydrogen) atoms. The average molecular weight is 453 g/mol. The van der Waals surface area contributed by atoms with Crippen LogP contribution >= 0.6 is 0 Å². The first kappa shape index (κ1) is 20.5. The third kappa shape index (κ3) is 4.03. The number of hydrogen-bond acceptors (Lipinski definition) is 5. The summed E-state index contributed by atoms with van der Waals surface area (Å²) in [6.07, 6.45) is 1.63. The van der Waals surface area contributed by atoms with E-state index in [4.69, 9.17) is 13.6 Å². The second kappa shape index (κ2) is 8.71. The van der Waals surface area contributed by atoms with Crippen LogP contribution in [-0.2, 0) is 6.61 Å². The van der Waals surface area contributed by atoms with Crippen LogP contribution in [0.15, 0.2) is 87.7 Å². The largest absolute Gasteiger partial charge is 0.486 e. The van der Waals surface area contributed by atoms with Crippen LogP contribution in [0.25, 0.3) is 21.9 Å². The zero-order valence-corrected chi connectivity index (χ0v) is 18.6. The molecule has 6 heteroatoms. The monoisotopic (exact) mass is 452 g/mol. The predicted octanol–water partition coefficient (Wildman–Crippen LogP) is 6.17. The van der Waals surface area contributed by atoms with Crippen LogP contribution in [0.4, 0.5) is 0 Å². The van der Waals surface area contributed by atoms with Gasteiger partial charge in [0.05, 0.1) is 0 Å². The Labute approximate surface area is 196 Å². The smallest absolute Gasteiger partial charge is 0.289 e. The zero-order valence-electron chi connectivity index (χ0n) is 18.6. The number of nitrogens with zero attached hydrogens (tertiary/aromatic N) is 2. The molecule has 1 fully saturated rings. The van der Waals surface area contributed by atoms with Crippen molar-refractivity contribution in [3.8, 4) is 5.75 Å². The molecule has 3 heterocycles. The molecule has 6 rings (SSSR count). The van der Waals surface area contributed by atoms with E-state index in [1.165, 1.54) is 5.39 Å². The maximum Gasteiger partial charge on any atom is 0.289 e. The highest BCUT2D eigenvalue weighted by molar-refractivity contribution is 5.91. The van der Waals surface area contributed by atoms with E-state index >= 15 is 0 Å². The number of hydrogen-bond donors (Lipinski definition) is 0. The highest BCUT2D eigenvalue weighted by Gasteiger charge is 2.28. The summed E-state index contributed by atoms with van der Waals surface area (Å²) >= 11 is 0. The molecule has 1 aliphatic heterocycles. The molecule has 0 N–H and O–H groups in total. The van der Waals surface area contributed by atoms with Gasteiger partial charge in [0.25, 0.3) is 5.91 Å². The maximum atomic E-state index is 13.0. The van der Waals surface area contributed by atoms with Crippen molar-refractivity contribution >= 4 is 27.8 Å². The molecule has 0 unspecified atom stereocenters.